The molecule has 0 spiro atoms. The highest BCUT2D eigenvalue weighted by Gasteiger charge is 2.19. The van der Waals surface area contributed by atoms with E-state index >= 15 is 0 Å². The molecule has 33 heavy (non-hydrogen) atoms. The monoisotopic (exact) mass is 448 g/mol. The topological polar surface area (TPSA) is 97.3 Å². The fraction of sp³-hybridized carbons (Fsp3) is 0.250. The van der Waals surface area contributed by atoms with Gasteiger partial charge in [-0.25, -0.2) is 19.1 Å². The zero-order valence-electron chi connectivity index (χ0n) is 18.6. The number of carbonyl (C=O) groups is 1. The first-order valence-corrected chi connectivity index (χ1v) is 10.4. The van der Waals surface area contributed by atoms with Crippen molar-refractivity contribution in [2.45, 2.75) is 20.0 Å². The smallest absolute Gasteiger partial charge is 0.337 e. The van der Waals surface area contributed by atoms with Crippen LogP contribution in [0.15, 0.2) is 64.4 Å². The summed E-state index contributed by atoms with van der Waals surface area (Å²) in [6.07, 6.45) is 1.55. The molecule has 2 aromatic carbocycles. The number of hydrogen-bond donors (Lipinski definition) is 0. The molecule has 2 aromatic heterocycles. The highest BCUT2D eigenvalue weighted by molar-refractivity contribution is 5.89. The molecule has 0 aliphatic heterocycles. The van der Waals surface area contributed by atoms with Gasteiger partial charge in [-0.05, 0) is 36.8 Å². The second-order valence-corrected chi connectivity index (χ2v) is 7.64. The van der Waals surface area contributed by atoms with E-state index in [9.17, 15) is 14.4 Å². The number of aromatic nitrogens is 4. The molecule has 0 radical (unpaired) electrons. The maximum atomic E-state index is 13.3. The first-order chi connectivity index (χ1) is 15.9. The fourth-order valence-corrected chi connectivity index (χ4v) is 3.67. The van der Waals surface area contributed by atoms with Crippen molar-refractivity contribution in [3.8, 4) is 5.69 Å². The SMILES string of the molecule is COCCn1c(=O)c2c(ncn2Cc2ccc(C(=O)OC)cc2)n(-c2ccc(C)cc2)c1=O. The Labute approximate surface area is 189 Å². The van der Waals surface area contributed by atoms with Crippen molar-refractivity contribution < 1.29 is 14.3 Å². The Morgan fingerprint density at radius 3 is 2.33 bits per heavy atom. The lowest BCUT2D eigenvalue weighted by Gasteiger charge is -2.13. The van der Waals surface area contributed by atoms with Gasteiger partial charge in [0.25, 0.3) is 5.56 Å². The Kier molecular flexibility index (Phi) is 6.23. The van der Waals surface area contributed by atoms with Crippen molar-refractivity contribution in [3.05, 3.63) is 92.4 Å². The van der Waals surface area contributed by atoms with Gasteiger partial charge in [-0.1, -0.05) is 29.8 Å². The maximum Gasteiger partial charge on any atom is 0.337 e. The number of nitrogens with zero attached hydrogens (tertiary/aromatic N) is 4. The summed E-state index contributed by atoms with van der Waals surface area (Å²) in [5.41, 5.74) is 2.66. The number of ether oxygens (including phenoxy) is 2. The summed E-state index contributed by atoms with van der Waals surface area (Å²) in [7, 11) is 2.85. The number of hydrogen-bond acceptors (Lipinski definition) is 6. The van der Waals surface area contributed by atoms with E-state index in [-0.39, 0.29) is 18.8 Å². The number of fused-ring (bicyclic) bond motifs is 1. The minimum Gasteiger partial charge on any atom is -0.465 e. The summed E-state index contributed by atoms with van der Waals surface area (Å²) >= 11 is 0. The molecule has 9 nitrogen and oxygen atoms in total. The number of methoxy groups -OCH3 is 2. The van der Waals surface area contributed by atoms with E-state index in [0.29, 0.717) is 23.3 Å². The Bertz CT molecular complexity index is 1410. The van der Waals surface area contributed by atoms with Gasteiger partial charge in [-0.3, -0.25) is 9.36 Å². The Hall–Kier alpha value is -3.98. The van der Waals surface area contributed by atoms with E-state index in [1.165, 1.54) is 23.4 Å². The molecule has 4 rings (SSSR count). The van der Waals surface area contributed by atoms with Crippen molar-refractivity contribution >= 4 is 17.1 Å². The predicted molar refractivity (Wildman–Crippen MR) is 123 cm³/mol. The second-order valence-electron chi connectivity index (χ2n) is 7.64. The average molecular weight is 448 g/mol. The molecule has 0 N–H and O–H groups in total. The van der Waals surface area contributed by atoms with E-state index in [2.05, 4.69) is 4.98 Å². The molecule has 9 heteroatoms. The summed E-state index contributed by atoms with van der Waals surface area (Å²) in [4.78, 5) is 42.7. The van der Waals surface area contributed by atoms with Gasteiger partial charge in [-0.15, -0.1) is 0 Å². The van der Waals surface area contributed by atoms with Crippen molar-refractivity contribution in [1.82, 2.24) is 18.7 Å². The normalized spacial score (nSPS) is 11.1. The van der Waals surface area contributed by atoms with Crippen LogP contribution >= 0.6 is 0 Å². The fourth-order valence-electron chi connectivity index (χ4n) is 3.67. The zero-order valence-corrected chi connectivity index (χ0v) is 18.6. The number of benzene rings is 2. The van der Waals surface area contributed by atoms with Crippen LogP contribution in [0.5, 0.6) is 0 Å². The number of imidazole rings is 1. The molecule has 0 saturated heterocycles. The van der Waals surface area contributed by atoms with E-state index in [1.54, 1.807) is 35.2 Å². The van der Waals surface area contributed by atoms with Crippen molar-refractivity contribution in [3.63, 3.8) is 0 Å². The first kappa shape index (κ1) is 22.2. The number of esters is 1. The summed E-state index contributed by atoms with van der Waals surface area (Å²) in [6.45, 7) is 2.64. The molecule has 0 aliphatic rings. The van der Waals surface area contributed by atoms with Crippen LogP contribution in [0.3, 0.4) is 0 Å². The molecule has 0 aliphatic carbocycles. The molecule has 0 atom stereocenters. The first-order valence-electron chi connectivity index (χ1n) is 10.4. The van der Waals surface area contributed by atoms with Crippen LogP contribution in [0.4, 0.5) is 0 Å². The van der Waals surface area contributed by atoms with Crippen LogP contribution in [0.25, 0.3) is 16.9 Å². The van der Waals surface area contributed by atoms with E-state index in [4.69, 9.17) is 9.47 Å². The van der Waals surface area contributed by atoms with Gasteiger partial charge in [0.15, 0.2) is 11.2 Å². The van der Waals surface area contributed by atoms with Crippen LogP contribution in [0.1, 0.15) is 21.5 Å². The van der Waals surface area contributed by atoms with Crippen LogP contribution in [0.2, 0.25) is 0 Å². The number of rotatable bonds is 7. The molecular weight excluding hydrogens is 424 g/mol. The van der Waals surface area contributed by atoms with E-state index < -0.39 is 17.2 Å². The van der Waals surface area contributed by atoms with Gasteiger partial charge >= 0.3 is 11.7 Å². The molecule has 0 unspecified atom stereocenters. The van der Waals surface area contributed by atoms with Crippen LogP contribution < -0.4 is 11.2 Å². The third-order valence-electron chi connectivity index (χ3n) is 5.44. The van der Waals surface area contributed by atoms with Crippen molar-refractivity contribution in [1.29, 1.82) is 0 Å². The summed E-state index contributed by atoms with van der Waals surface area (Å²) in [6, 6.07) is 14.4. The lowest BCUT2D eigenvalue weighted by Crippen LogP contribution is -2.41. The molecule has 2 heterocycles. The molecule has 170 valence electrons. The Balaban J connectivity index is 1.86. The largest absolute Gasteiger partial charge is 0.465 e. The van der Waals surface area contributed by atoms with Gasteiger partial charge in [0.2, 0.25) is 0 Å². The van der Waals surface area contributed by atoms with Crippen molar-refractivity contribution in [2.75, 3.05) is 20.8 Å². The molecule has 4 aromatic rings. The number of aryl methyl sites for hydroxylation is 1. The minimum atomic E-state index is -0.471. The quantitative estimate of drug-likeness (QED) is 0.402. The highest BCUT2D eigenvalue weighted by atomic mass is 16.5. The number of carbonyl (C=O) groups excluding carboxylic acids is 1. The summed E-state index contributed by atoms with van der Waals surface area (Å²) in [5.74, 6) is -0.419. The van der Waals surface area contributed by atoms with Gasteiger partial charge in [-0.2, -0.15) is 0 Å². The molecule has 0 amide bonds. The minimum absolute atomic E-state index is 0.120. The van der Waals surface area contributed by atoms with Gasteiger partial charge in [0.05, 0.1) is 37.8 Å². The lowest BCUT2D eigenvalue weighted by atomic mass is 10.1. The van der Waals surface area contributed by atoms with Crippen molar-refractivity contribution in [2.24, 2.45) is 0 Å². The van der Waals surface area contributed by atoms with Crippen LogP contribution in [-0.4, -0.2) is 45.5 Å². The average Bonchev–Trinajstić information content (AvgIpc) is 3.23. The zero-order chi connectivity index (χ0) is 23.5. The summed E-state index contributed by atoms with van der Waals surface area (Å²) in [5, 5.41) is 0. The van der Waals surface area contributed by atoms with E-state index in [1.807, 2.05) is 31.2 Å². The van der Waals surface area contributed by atoms with Crippen LogP contribution in [-0.2, 0) is 22.6 Å². The maximum absolute atomic E-state index is 13.3. The van der Waals surface area contributed by atoms with Gasteiger partial charge in [0.1, 0.15) is 0 Å². The molecule has 0 bridgehead atoms. The lowest BCUT2D eigenvalue weighted by molar-refractivity contribution is 0.0600. The second kappa shape index (κ2) is 9.25. The third-order valence-corrected chi connectivity index (χ3v) is 5.44. The Morgan fingerprint density at radius 2 is 1.70 bits per heavy atom. The van der Waals surface area contributed by atoms with Gasteiger partial charge in [0, 0.05) is 13.7 Å². The predicted octanol–water partition coefficient (Wildman–Crippen LogP) is 2.14. The van der Waals surface area contributed by atoms with Crippen LogP contribution in [0, 0.1) is 6.92 Å². The third kappa shape index (κ3) is 4.22. The molecular formula is C24H24N4O5. The van der Waals surface area contributed by atoms with E-state index in [0.717, 1.165) is 11.1 Å². The molecule has 0 saturated carbocycles. The van der Waals surface area contributed by atoms with Gasteiger partial charge < -0.3 is 14.0 Å². The molecule has 0 fully saturated rings. The summed E-state index contributed by atoms with van der Waals surface area (Å²) < 4.78 is 14.2. The highest BCUT2D eigenvalue weighted by Crippen LogP contribution is 2.16. The standard InChI is InChI=1S/C24H24N4O5/c1-16-4-10-19(11-5-16)28-21-20(22(29)27(24(28)31)12-13-32-2)26(15-25-21)14-17-6-8-18(9-7-17)23(30)33-3/h4-11,15H,12-14H2,1-3H3. The Morgan fingerprint density at radius 1 is 1.00 bits per heavy atom.